The summed E-state index contributed by atoms with van der Waals surface area (Å²) >= 11 is 11.8. The standard InChI is InChI=1S/C12H16Cl2N4O2/c1-6(2)10(11(15)18-20)17-12(19)16-9-5-7(13)3-4-8(9)14/h3-6,10,20H,1-2H3,(H2,15,18)(H2,16,17,19). The van der Waals surface area contributed by atoms with Gasteiger partial charge in [0.15, 0.2) is 5.84 Å². The fourth-order valence-corrected chi connectivity index (χ4v) is 1.87. The van der Waals surface area contributed by atoms with Crippen LogP contribution in [-0.4, -0.2) is 23.1 Å². The van der Waals surface area contributed by atoms with Crippen LogP contribution in [0.3, 0.4) is 0 Å². The molecule has 0 saturated heterocycles. The quantitative estimate of drug-likeness (QED) is 0.297. The van der Waals surface area contributed by atoms with Crippen molar-refractivity contribution in [2.75, 3.05) is 5.32 Å². The summed E-state index contributed by atoms with van der Waals surface area (Å²) in [4.78, 5) is 11.9. The lowest BCUT2D eigenvalue weighted by Gasteiger charge is -2.21. The van der Waals surface area contributed by atoms with E-state index in [1.165, 1.54) is 6.07 Å². The van der Waals surface area contributed by atoms with Crippen LogP contribution in [0.2, 0.25) is 10.0 Å². The van der Waals surface area contributed by atoms with Crippen molar-refractivity contribution >= 4 is 40.8 Å². The van der Waals surface area contributed by atoms with Gasteiger partial charge in [-0.05, 0) is 24.1 Å². The molecule has 0 spiro atoms. The van der Waals surface area contributed by atoms with Crippen LogP contribution in [0.5, 0.6) is 0 Å². The van der Waals surface area contributed by atoms with E-state index >= 15 is 0 Å². The van der Waals surface area contributed by atoms with Gasteiger partial charge < -0.3 is 21.6 Å². The molecule has 1 unspecified atom stereocenters. The second-order valence-corrected chi connectivity index (χ2v) is 5.31. The van der Waals surface area contributed by atoms with E-state index in [1.807, 2.05) is 13.8 Å². The number of hydrogen-bond donors (Lipinski definition) is 4. The number of rotatable bonds is 4. The number of hydrogen-bond acceptors (Lipinski definition) is 3. The minimum absolute atomic E-state index is 0.0496. The molecule has 1 aromatic carbocycles. The molecule has 20 heavy (non-hydrogen) atoms. The average Bonchev–Trinajstić information content (AvgIpc) is 2.39. The van der Waals surface area contributed by atoms with Crippen molar-refractivity contribution in [3.63, 3.8) is 0 Å². The minimum atomic E-state index is -0.599. The molecule has 0 bridgehead atoms. The van der Waals surface area contributed by atoms with Crippen LogP contribution in [0.25, 0.3) is 0 Å². The Hall–Kier alpha value is -1.66. The molecule has 0 aliphatic heterocycles. The zero-order chi connectivity index (χ0) is 15.3. The Morgan fingerprint density at radius 2 is 2.05 bits per heavy atom. The second-order valence-electron chi connectivity index (χ2n) is 4.47. The summed E-state index contributed by atoms with van der Waals surface area (Å²) in [5.74, 6) is -0.126. The lowest BCUT2D eigenvalue weighted by molar-refractivity contribution is 0.248. The maximum atomic E-state index is 11.9. The molecule has 110 valence electrons. The van der Waals surface area contributed by atoms with E-state index in [4.69, 9.17) is 34.1 Å². The Morgan fingerprint density at radius 3 is 2.60 bits per heavy atom. The van der Waals surface area contributed by atoms with Gasteiger partial charge in [-0.2, -0.15) is 0 Å². The first-order chi connectivity index (χ1) is 9.35. The third kappa shape index (κ3) is 4.47. The number of nitrogens with one attached hydrogen (secondary N) is 2. The van der Waals surface area contributed by atoms with Crippen LogP contribution in [0.4, 0.5) is 10.5 Å². The molecular formula is C12H16Cl2N4O2. The summed E-state index contributed by atoms with van der Waals surface area (Å²) in [6.07, 6.45) is 0. The molecule has 0 fully saturated rings. The number of amidine groups is 1. The third-order valence-electron chi connectivity index (χ3n) is 2.56. The molecule has 0 saturated carbocycles. The van der Waals surface area contributed by atoms with Crippen molar-refractivity contribution in [3.05, 3.63) is 28.2 Å². The first-order valence-corrected chi connectivity index (χ1v) is 6.60. The maximum Gasteiger partial charge on any atom is 0.319 e. The Balaban J connectivity index is 2.78. The summed E-state index contributed by atoms with van der Waals surface area (Å²) in [6.45, 7) is 3.66. The highest BCUT2D eigenvalue weighted by molar-refractivity contribution is 6.35. The maximum absolute atomic E-state index is 11.9. The highest BCUT2D eigenvalue weighted by Crippen LogP contribution is 2.25. The highest BCUT2D eigenvalue weighted by Gasteiger charge is 2.21. The van der Waals surface area contributed by atoms with Crippen molar-refractivity contribution in [2.45, 2.75) is 19.9 Å². The number of anilines is 1. The Bertz CT molecular complexity index is 520. The largest absolute Gasteiger partial charge is 0.409 e. The molecule has 6 nitrogen and oxygen atoms in total. The molecular weight excluding hydrogens is 303 g/mol. The minimum Gasteiger partial charge on any atom is -0.409 e. The molecule has 2 amide bonds. The summed E-state index contributed by atoms with van der Waals surface area (Å²) in [5.41, 5.74) is 5.90. The van der Waals surface area contributed by atoms with E-state index < -0.39 is 12.1 Å². The molecule has 1 rings (SSSR count). The van der Waals surface area contributed by atoms with E-state index in [9.17, 15) is 4.79 Å². The van der Waals surface area contributed by atoms with Crippen LogP contribution >= 0.6 is 23.2 Å². The van der Waals surface area contributed by atoms with E-state index in [0.29, 0.717) is 15.7 Å². The van der Waals surface area contributed by atoms with Gasteiger partial charge in [0.25, 0.3) is 0 Å². The predicted molar refractivity (Wildman–Crippen MR) is 80.7 cm³/mol. The number of nitrogens with zero attached hydrogens (tertiary/aromatic N) is 1. The summed E-state index contributed by atoms with van der Waals surface area (Å²) in [5, 5.41) is 17.5. The summed E-state index contributed by atoms with van der Waals surface area (Å²) < 4.78 is 0. The van der Waals surface area contributed by atoms with Crippen LogP contribution in [0.1, 0.15) is 13.8 Å². The third-order valence-corrected chi connectivity index (χ3v) is 3.13. The van der Waals surface area contributed by atoms with Crippen molar-refractivity contribution in [1.29, 1.82) is 0 Å². The number of carbonyl (C=O) groups is 1. The van der Waals surface area contributed by atoms with Gasteiger partial charge in [-0.3, -0.25) is 0 Å². The zero-order valence-electron chi connectivity index (χ0n) is 11.0. The smallest absolute Gasteiger partial charge is 0.319 e. The van der Waals surface area contributed by atoms with Gasteiger partial charge in [0.05, 0.1) is 16.8 Å². The van der Waals surface area contributed by atoms with Crippen LogP contribution in [0.15, 0.2) is 23.4 Å². The molecule has 0 radical (unpaired) electrons. The number of benzene rings is 1. The highest BCUT2D eigenvalue weighted by atomic mass is 35.5. The number of nitrogens with two attached hydrogens (primary N) is 1. The fourth-order valence-electron chi connectivity index (χ4n) is 1.54. The van der Waals surface area contributed by atoms with Crippen LogP contribution in [0, 0.1) is 5.92 Å². The summed E-state index contributed by atoms with van der Waals surface area (Å²) in [7, 11) is 0. The Kier molecular flexibility index (Phi) is 5.91. The van der Waals surface area contributed by atoms with Gasteiger partial charge in [-0.15, -0.1) is 0 Å². The molecule has 0 aliphatic carbocycles. The number of urea groups is 1. The topological polar surface area (TPSA) is 99.7 Å². The zero-order valence-corrected chi connectivity index (χ0v) is 12.5. The van der Waals surface area contributed by atoms with E-state index in [-0.39, 0.29) is 11.8 Å². The normalized spacial score (nSPS) is 13.2. The monoisotopic (exact) mass is 318 g/mol. The first kappa shape index (κ1) is 16.4. The van der Waals surface area contributed by atoms with Crippen molar-refractivity contribution in [1.82, 2.24) is 5.32 Å². The van der Waals surface area contributed by atoms with Gasteiger partial charge in [-0.1, -0.05) is 42.2 Å². The molecule has 1 aromatic rings. The molecule has 5 N–H and O–H groups in total. The summed E-state index contributed by atoms with van der Waals surface area (Å²) in [6, 6.07) is 3.58. The van der Waals surface area contributed by atoms with Crippen LogP contribution < -0.4 is 16.4 Å². The van der Waals surface area contributed by atoms with E-state index in [1.54, 1.807) is 12.1 Å². The van der Waals surface area contributed by atoms with Crippen molar-refractivity contribution in [2.24, 2.45) is 16.8 Å². The molecule has 0 aliphatic rings. The first-order valence-electron chi connectivity index (χ1n) is 5.85. The van der Waals surface area contributed by atoms with Crippen molar-refractivity contribution < 1.29 is 10.0 Å². The lowest BCUT2D eigenvalue weighted by Crippen LogP contribution is -2.49. The number of oxime groups is 1. The Labute approximate surface area is 126 Å². The number of halogens is 2. The number of amides is 2. The average molecular weight is 319 g/mol. The van der Waals surface area contributed by atoms with E-state index in [0.717, 1.165) is 0 Å². The van der Waals surface area contributed by atoms with Gasteiger partial charge in [0.1, 0.15) is 0 Å². The Morgan fingerprint density at radius 1 is 1.40 bits per heavy atom. The molecule has 0 aromatic heterocycles. The SMILES string of the molecule is CC(C)C(NC(=O)Nc1cc(Cl)ccc1Cl)C(N)=NO. The van der Waals surface area contributed by atoms with Gasteiger partial charge in [0, 0.05) is 5.02 Å². The predicted octanol–water partition coefficient (Wildman–Crippen LogP) is 2.89. The number of carbonyl (C=O) groups excluding carboxylic acids is 1. The van der Waals surface area contributed by atoms with Gasteiger partial charge in [-0.25, -0.2) is 4.79 Å². The lowest BCUT2D eigenvalue weighted by atomic mass is 10.0. The van der Waals surface area contributed by atoms with E-state index in [2.05, 4.69) is 15.8 Å². The fraction of sp³-hybridized carbons (Fsp3) is 0.333. The van der Waals surface area contributed by atoms with Gasteiger partial charge in [0.2, 0.25) is 0 Å². The molecule has 1 atom stereocenters. The van der Waals surface area contributed by atoms with Crippen LogP contribution in [-0.2, 0) is 0 Å². The second kappa shape index (κ2) is 7.21. The molecule has 0 heterocycles. The van der Waals surface area contributed by atoms with Gasteiger partial charge >= 0.3 is 6.03 Å². The molecule has 8 heteroatoms. The van der Waals surface area contributed by atoms with Crippen molar-refractivity contribution in [3.8, 4) is 0 Å².